The summed E-state index contributed by atoms with van der Waals surface area (Å²) in [5, 5.41) is 8.44. The number of amides is 2. The zero-order valence-corrected chi connectivity index (χ0v) is 19.8. The van der Waals surface area contributed by atoms with E-state index in [2.05, 4.69) is 27.4 Å². The fourth-order valence-corrected chi connectivity index (χ4v) is 4.55. The number of thiazole rings is 1. The highest BCUT2D eigenvalue weighted by Crippen LogP contribution is 2.21. The number of carbonyl (C=O) groups is 2. The Kier molecular flexibility index (Phi) is 8.21. The third-order valence-electron chi connectivity index (χ3n) is 5.76. The first-order valence-electron chi connectivity index (χ1n) is 11.2. The van der Waals surface area contributed by atoms with Crippen molar-refractivity contribution in [3.8, 4) is 0 Å². The molecule has 2 heterocycles. The van der Waals surface area contributed by atoms with Crippen molar-refractivity contribution in [2.24, 2.45) is 11.8 Å². The first kappa shape index (κ1) is 23.4. The van der Waals surface area contributed by atoms with Crippen molar-refractivity contribution >= 4 is 28.3 Å². The summed E-state index contributed by atoms with van der Waals surface area (Å²) in [5.74, 6) is 0.622. The van der Waals surface area contributed by atoms with E-state index >= 15 is 0 Å². The Morgan fingerprint density at radius 3 is 2.61 bits per heavy atom. The summed E-state index contributed by atoms with van der Waals surface area (Å²) in [6.07, 6.45) is 3.02. The van der Waals surface area contributed by atoms with Gasteiger partial charge in [0, 0.05) is 17.5 Å². The molecule has 2 N–H and O–H groups in total. The molecule has 0 spiro atoms. The van der Waals surface area contributed by atoms with Crippen molar-refractivity contribution in [2.75, 3.05) is 18.4 Å². The second kappa shape index (κ2) is 10.9. The predicted octanol–water partition coefficient (Wildman–Crippen LogP) is 4.47. The van der Waals surface area contributed by atoms with Gasteiger partial charge in [0.1, 0.15) is 6.04 Å². The standard InChI is InChI=1S/C24H34N4O2S/c1-16(2)13-21(26-22(29)20-8-6-5-7-18(20)4)23(30)27-24-25-19(15-31-24)14-28-11-9-17(3)10-12-28/h5-8,15-17,21H,9-14H2,1-4H3,(H,26,29)(H,25,27,30). The Morgan fingerprint density at radius 1 is 1.23 bits per heavy atom. The third kappa shape index (κ3) is 6.87. The van der Waals surface area contributed by atoms with Gasteiger partial charge in [-0.25, -0.2) is 4.98 Å². The first-order valence-corrected chi connectivity index (χ1v) is 12.0. The molecule has 1 aliphatic heterocycles. The number of likely N-dealkylation sites (tertiary alicyclic amines) is 1. The SMILES string of the molecule is Cc1ccccc1C(=O)NC(CC(C)C)C(=O)Nc1nc(CN2CCC(C)CC2)cs1. The van der Waals surface area contributed by atoms with Crippen molar-refractivity contribution < 1.29 is 9.59 Å². The van der Waals surface area contributed by atoms with Gasteiger partial charge in [0.25, 0.3) is 5.91 Å². The van der Waals surface area contributed by atoms with Crippen LogP contribution in [-0.2, 0) is 11.3 Å². The lowest BCUT2D eigenvalue weighted by molar-refractivity contribution is -0.118. The molecule has 6 nitrogen and oxygen atoms in total. The van der Waals surface area contributed by atoms with Crippen LogP contribution in [0.1, 0.15) is 61.6 Å². The summed E-state index contributed by atoms with van der Waals surface area (Å²) < 4.78 is 0. The van der Waals surface area contributed by atoms with Crippen LogP contribution >= 0.6 is 11.3 Å². The number of rotatable bonds is 8. The minimum atomic E-state index is -0.608. The smallest absolute Gasteiger partial charge is 0.252 e. The maximum Gasteiger partial charge on any atom is 0.252 e. The minimum Gasteiger partial charge on any atom is -0.340 e. The normalized spacial score (nSPS) is 16.3. The van der Waals surface area contributed by atoms with Gasteiger partial charge in [-0.15, -0.1) is 11.3 Å². The molecule has 1 aromatic carbocycles. The van der Waals surface area contributed by atoms with Crippen molar-refractivity contribution in [3.63, 3.8) is 0 Å². The van der Waals surface area contributed by atoms with E-state index in [1.54, 1.807) is 6.07 Å². The van der Waals surface area contributed by atoms with E-state index in [9.17, 15) is 9.59 Å². The molecule has 31 heavy (non-hydrogen) atoms. The molecule has 3 rings (SSSR count). The summed E-state index contributed by atoms with van der Waals surface area (Å²) in [6, 6.07) is 6.80. The molecule has 1 atom stereocenters. The monoisotopic (exact) mass is 442 g/mol. The van der Waals surface area contributed by atoms with Gasteiger partial charge < -0.3 is 10.6 Å². The van der Waals surface area contributed by atoms with Gasteiger partial charge in [-0.2, -0.15) is 0 Å². The van der Waals surface area contributed by atoms with Gasteiger partial charge in [-0.05, 0) is 62.7 Å². The van der Waals surface area contributed by atoms with Gasteiger partial charge in [0.2, 0.25) is 5.91 Å². The van der Waals surface area contributed by atoms with Gasteiger partial charge in [-0.1, -0.05) is 39.0 Å². The van der Waals surface area contributed by atoms with Crippen LogP contribution in [0.4, 0.5) is 5.13 Å². The minimum absolute atomic E-state index is 0.219. The van der Waals surface area contributed by atoms with Gasteiger partial charge in [-0.3, -0.25) is 14.5 Å². The highest BCUT2D eigenvalue weighted by molar-refractivity contribution is 7.13. The first-order chi connectivity index (χ1) is 14.8. The quantitative estimate of drug-likeness (QED) is 0.633. The van der Waals surface area contributed by atoms with E-state index in [4.69, 9.17) is 0 Å². The maximum absolute atomic E-state index is 13.0. The molecule has 1 aromatic heterocycles. The molecule has 0 aliphatic carbocycles. The lowest BCUT2D eigenvalue weighted by atomic mass is 9.99. The van der Waals surface area contributed by atoms with Gasteiger partial charge >= 0.3 is 0 Å². The van der Waals surface area contributed by atoms with Crippen LogP contribution in [0.15, 0.2) is 29.6 Å². The lowest BCUT2D eigenvalue weighted by Gasteiger charge is -2.29. The zero-order chi connectivity index (χ0) is 22.4. The summed E-state index contributed by atoms with van der Waals surface area (Å²) in [6.45, 7) is 11.3. The van der Waals surface area contributed by atoms with E-state index in [1.165, 1.54) is 24.2 Å². The van der Waals surface area contributed by atoms with E-state index in [0.29, 0.717) is 17.1 Å². The number of anilines is 1. The number of nitrogens with zero attached hydrogens (tertiary/aromatic N) is 2. The van der Waals surface area contributed by atoms with Crippen molar-refractivity contribution in [2.45, 2.75) is 59.5 Å². The molecule has 2 aromatic rings. The number of nitrogens with one attached hydrogen (secondary N) is 2. The van der Waals surface area contributed by atoms with E-state index < -0.39 is 6.04 Å². The van der Waals surface area contributed by atoms with Crippen LogP contribution in [0.5, 0.6) is 0 Å². The largest absolute Gasteiger partial charge is 0.340 e. The maximum atomic E-state index is 13.0. The van der Waals surface area contributed by atoms with E-state index in [-0.39, 0.29) is 17.7 Å². The summed E-state index contributed by atoms with van der Waals surface area (Å²) in [4.78, 5) is 32.7. The zero-order valence-electron chi connectivity index (χ0n) is 19.0. The van der Waals surface area contributed by atoms with Crippen LogP contribution in [-0.4, -0.2) is 40.8 Å². The molecule has 2 amide bonds. The summed E-state index contributed by atoms with van der Waals surface area (Å²) in [5.41, 5.74) is 2.47. The molecule has 7 heteroatoms. The van der Waals surface area contributed by atoms with Crippen molar-refractivity contribution in [1.29, 1.82) is 0 Å². The van der Waals surface area contributed by atoms with Crippen LogP contribution in [0.3, 0.4) is 0 Å². The second-order valence-electron chi connectivity index (χ2n) is 9.06. The third-order valence-corrected chi connectivity index (χ3v) is 6.57. The molecule has 0 bridgehead atoms. The molecule has 1 fully saturated rings. The molecular weight excluding hydrogens is 408 g/mol. The molecular formula is C24H34N4O2S. The Hall–Kier alpha value is -2.25. The molecule has 1 saturated heterocycles. The average Bonchev–Trinajstić information content (AvgIpc) is 3.15. The average molecular weight is 443 g/mol. The Morgan fingerprint density at radius 2 is 1.94 bits per heavy atom. The van der Waals surface area contributed by atoms with Crippen molar-refractivity contribution in [1.82, 2.24) is 15.2 Å². The number of benzene rings is 1. The molecule has 1 unspecified atom stereocenters. The fourth-order valence-electron chi connectivity index (χ4n) is 3.85. The predicted molar refractivity (Wildman–Crippen MR) is 126 cm³/mol. The molecule has 0 radical (unpaired) electrons. The fraction of sp³-hybridized carbons (Fsp3) is 0.542. The van der Waals surface area contributed by atoms with Gasteiger partial charge in [0.15, 0.2) is 5.13 Å². The number of aryl methyl sites for hydroxylation is 1. The Labute approximate surface area is 189 Å². The van der Waals surface area contributed by atoms with Crippen LogP contribution < -0.4 is 10.6 Å². The number of carbonyl (C=O) groups excluding carboxylic acids is 2. The lowest BCUT2D eigenvalue weighted by Crippen LogP contribution is -2.44. The van der Waals surface area contributed by atoms with Crippen LogP contribution in [0, 0.1) is 18.8 Å². The number of hydrogen-bond acceptors (Lipinski definition) is 5. The van der Waals surface area contributed by atoms with Crippen LogP contribution in [0.2, 0.25) is 0 Å². The van der Waals surface area contributed by atoms with E-state index in [0.717, 1.165) is 36.8 Å². The highest BCUT2D eigenvalue weighted by atomic mass is 32.1. The number of piperidine rings is 1. The Bertz CT molecular complexity index is 887. The van der Waals surface area contributed by atoms with Gasteiger partial charge in [0.05, 0.1) is 5.69 Å². The topological polar surface area (TPSA) is 74.3 Å². The highest BCUT2D eigenvalue weighted by Gasteiger charge is 2.24. The molecule has 168 valence electrons. The number of hydrogen-bond donors (Lipinski definition) is 2. The molecule has 1 aliphatic rings. The van der Waals surface area contributed by atoms with Crippen LogP contribution in [0.25, 0.3) is 0 Å². The summed E-state index contributed by atoms with van der Waals surface area (Å²) in [7, 11) is 0. The number of aromatic nitrogens is 1. The van der Waals surface area contributed by atoms with E-state index in [1.807, 2.05) is 44.4 Å². The summed E-state index contributed by atoms with van der Waals surface area (Å²) >= 11 is 1.44. The Balaban J connectivity index is 1.61. The van der Waals surface area contributed by atoms with Crippen molar-refractivity contribution in [3.05, 3.63) is 46.5 Å². The molecule has 0 saturated carbocycles. The second-order valence-corrected chi connectivity index (χ2v) is 9.92.